The molecule has 2 amide bonds. The van der Waals surface area contributed by atoms with Gasteiger partial charge in [0, 0.05) is 4.47 Å². The minimum absolute atomic E-state index is 0.284. The van der Waals surface area contributed by atoms with Gasteiger partial charge in [-0.2, -0.15) is 0 Å². The molecule has 0 saturated carbocycles. The molecule has 16 heavy (non-hydrogen) atoms. The summed E-state index contributed by atoms with van der Waals surface area (Å²) in [4.78, 5) is 35.0. The average molecular weight is 283 g/mol. The summed E-state index contributed by atoms with van der Waals surface area (Å²) < 4.78 is 0.725. The van der Waals surface area contributed by atoms with Crippen molar-refractivity contribution < 1.29 is 14.4 Å². The number of nitrogens with zero attached hydrogens (tertiary/aromatic N) is 1. The van der Waals surface area contributed by atoms with E-state index >= 15 is 0 Å². The predicted octanol–water partition coefficient (Wildman–Crippen LogP) is 0.464. The minimum atomic E-state index is -0.716. The highest BCUT2D eigenvalue weighted by atomic mass is 79.9. The van der Waals surface area contributed by atoms with Crippen molar-refractivity contribution in [1.29, 1.82) is 0 Å². The normalized spacial score (nSPS) is 14.2. The number of ketones is 1. The first-order valence-corrected chi connectivity index (χ1v) is 5.24. The van der Waals surface area contributed by atoms with E-state index in [4.69, 9.17) is 5.73 Å². The van der Waals surface area contributed by atoms with E-state index in [1.807, 2.05) is 0 Å². The number of carbonyl (C=O) groups is 3. The van der Waals surface area contributed by atoms with E-state index in [1.165, 1.54) is 0 Å². The third-order valence-electron chi connectivity index (χ3n) is 2.25. The fraction of sp³-hybridized carbons (Fsp3) is 0.100. The lowest BCUT2D eigenvalue weighted by Crippen LogP contribution is -2.37. The first-order chi connectivity index (χ1) is 7.50. The van der Waals surface area contributed by atoms with E-state index in [1.54, 1.807) is 18.2 Å². The fourth-order valence-electron chi connectivity index (χ4n) is 1.58. The third kappa shape index (κ3) is 1.61. The quantitative estimate of drug-likeness (QED) is 0.801. The highest BCUT2D eigenvalue weighted by Crippen LogP contribution is 2.31. The van der Waals surface area contributed by atoms with Crippen molar-refractivity contribution in [2.24, 2.45) is 5.73 Å². The zero-order valence-corrected chi connectivity index (χ0v) is 9.65. The molecule has 0 radical (unpaired) electrons. The molecule has 1 aromatic rings. The molecule has 0 aliphatic carbocycles. The SMILES string of the molecule is NC(=O)CN1C(=O)C(=O)c2ccc(Br)cc21. The van der Waals surface area contributed by atoms with Crippen LogP contribution in [0.3, 0.4) is 0 Å². The van der Waals surface area contributed by atoms with E-state index in [0.29, 0.717) is 11.3 Å². The van der Waals surface area contributed by atoms with Crippen LogP contribution in [0.25, 0.3) is 0 Å². The molecule has 0 aromatic heterocycles. The number of halogens is 1. The number of carbonyl (C=O) groups excluding carboxylic acids is 3. The summed E-state index contributed by atoms with van der Waals surface area (Å²) in [7, 11) is 0. The zero-order valence-electron chi connectivity index (χ0n) is 8.07. The first-order valence-electron chi connectivity index (χ1n) is 4.45. The number of Topliss-reactive ketones (excluding diaryl/α,β-unsaturated/α-hetero) is 1. The van der Waals surface area contributed by atoms with Crippen LogP contribution in [0, 0.1) is 0 Å². The van der Waals surface area contributed by atoms with Crippen molar-refractivity contribution in [2.75, 3.05) is 11.4 Å². The summed E-state index contributed by atoms with van der Waals surface area (Å²) in [5.41, 5.74) is 5.74. The number of primary amides is 1. The second-order valence-corrected chi connectivity index (χ2v) is 4.26. The van der Waals surface area contributed by atoms with Crippen LogP contribution in [0.15, 0.2) is 22.7 Å². The molecule has 1 aromatic carbocycles. The van der Waals surface area contributed by atoms with Gasteiger partial charge in [0.25, 0.3) is 11.7 Å². The van der Waals surface area contributed by atoms with Gasteiger partial charge in [-0.3, -0.25) is 19.3 Å². The molecular weight excluding hydrogens is 276 g/mol. The summed E-state index contributed by atoms with van der Waals surface area (Å²) in [6.45, 7) is -0.284. The largest absolute Gasteiger partial charge is 0.368 e. The second kappa shape index (κ2) is 3.71. The molecule has 0 fully saturated rings. The monoisotopic (exact) mass is 282 g/mol. The maximum atomic E-state index is 11.6. The van der Waals surface area contributed by atoms with Gasteiger partial charge in [-0.1, -0.05) is 15.9 Å². The highest BCUT2D eigenvalue weighted by molar-refractivity contribution is 9.10. The van der Waals surface area contributed by atoms with Crippen LogP contribution in [-0.2, 0) is 9.59 Å². The molecule has 5 nitrogen and oxygen atoms in total. The Hall–Kier alpha value is -1.69. The molecule has 0 saturated heterocycles. The van der Waals surface area contributed by atoms with Crippen LogP contribution >= 0.6 is 15.9 Å². The van der Waals surface area contributed by atoms with E-state index in [0.717, 1.165) is 9.37 Å². The maximum Gasteiger partial charge on any atom is 0.299 e. The summed E-state index contributed by atoms with van der Waals surface area (Å²) >= 11 is 3.23. The van der Waals surface area contributed by atoms with Crippen molar-refractivity contribution in [3.63, 3.8) is 0 Å². The lowest BCUT2D eigenvalue weighted by atomic mass is 10.1. The number of amides is 2. The van der Waals surface area contributed by atoms with Gasteiger partial charge in [0.15, 0.2) is 0 Å². The molecular formula is C10H7BrN2O3. The van der Waals surface area contributed by atoms with E-state index in [9.17, 15) is 14.4 Å². The first kappa shape index (κ1) is 10.8. The Labute approximate surface area is 99.3 Å². The topological polar surface area (TPSA) is 80.5 Å². The average Bonchev–Trinajstić information content (AvgIpc) is 2.43. The van der Waals surface area contributed by atoms with E-state index < -0.39 is 17.6 Å². The van der Waals surface area contributed by atoms with Crippen molar-refractivity contribution in [3.8, 4) is 0 Å². The Morgan fingerprint density at radius 1 is 1.38 bits per heavy atom. The molecule has 1 aliphatic rings. The van der Waals surface area contributed by atoms with Crippen molar-refractivity contribution in [1.82, 2.24) is 0 Å². The van der Waals surface area contributed by atoms with Gasteiger partial charge in [-0.05, 0) is 18.2 Å². The Kier molecular flexibility index (Phi) is 2.51. The Balaban J connectivity index is 2.51. The van der Waals surface area contributed by atoms with Gasteiger partial charge in [-0.15, -0.1) is 0 Å². The number of nitrogens with two attached hydrogens (primary N) is 1. The van der Waals surface area contributed by atoms with Crippen molar-refractivity contribution >= 4 is 39.2 Å². The van der Waals surface area contributed by atoms with Crippen LogP contribution < -0.4 is 10.6 Å². The molecule has 82 valence electrons. The minimum Gasteiger partial charge on any atom is -0.368 e. The van der Waals surface area contributed by atoms with Crippen LogP contribution in [0.2, 0.25) is 0 Å². The molecule has 1 heterocycles. The van der Waals surface area contributed by atoms with Gasteiger partial charge in [0.1, 0.15) is 6.54 Å². The molecule has 0 spiro atoms. The van der Waals surface area contributed by atoms with Crippen LogP contribution in [0.5, 0.6) is 0 Å². The van der Waals surface area contributed by atoms with Gasteiger partial charge in [0.2, 0.25) is 5.91 Å². The van der Waals surface area contributed by atoms with E-state index in [2.05, 4.69) is 15.9 Å². The number of anilines is 1. The Morgan fingerprint density at radius 2 is 2.06 bits per heavy atom. The number of hydrogen-bond acceptors (Lipinski definition) is 3. The lowest BCUT2D eigenvalue weighted by Gasteiger charge is -2.13. The Bertz CT molecular complexity index is 513. The number of hydrogen-bond donors (Lipinski definition) is 1. The van der Waals surface area contributed by atoms with Crippen molar-refractivity contribution in [2.45, 2.75) is 0 Å². The summed E-state index contributed by atoms with van der Waals surface area (Å²) in [5, 5.41) is 0. The van der Waals surface area contributed by atoms with Gasteiger partial charge >= 0.3 is 0 Å². The maximum absolute atomic E-state index is 11.6. The van der Waals surface area contributed by atoms with Crippen LogP contribution in [0.4, 0.5) is 5.69 Å². The summed E-state index contributed by atoms with van der Waals surface area (Å²) in [6.07, 6.45) is 0. The highest BCUT2D eigenvalue weighted by Gasteiger charge is 2.36. The molecule has 0 unspecified atom stereocenters. The molecule has 6 heteroatoms. The lowest BCUT2D eigenvalue weighted by molar-refractivity contribution is -0.119. The molecule has 2 N–H and O–H groups in total. The number of benzene rings is 1. The van der Waals surface area contributed by atoms with Crippen LogP contribution in [0.1, 0.15) is 10.4 Å². The molecule has 1 aliphatic heterocycles. The summed E-state index contributed by atoms with van der Waals surface area (Å²) in [5.74, 6) is -1.98. The third-order valence-corrected chi connectivity index (χ3v) is 2.74. The second-order valence-electron chi connectivity index (χ2n) is 3.35. The zero-order chi connectivity index (χ0) is 11.9. The predicted molar refractivity (Wildman–Crippen MR) is 60.0 cm³/mol. The molecule has 0 bridgehead atoms. The number of fused-ring (bicyclic) bond motifs is 1. The number of rotatable bonds is 2. The fourth-order valence-corrected chi connectivity index (χ4v) is 1.93. The van der Waals surface area contributed by atoms with Crippen molar-refractivity contribution in [3.05, 3.63) is 28.2 Å². The van der Waals surface area contributed by atoms with Crippen LogP contribution in [-0.4, -0.2) is 24.1 Å². The molecule has 2 rings (SSSR count). The smallest absolute Gasteiger partial charge is 0.299 e. The standard InChI is InChI=1S/C10H7BrN2O3/c11-5-1-2-6-7(3-5)13(4-8(12)14)10(16)9(6)15/h1-3H,4H2,(H2,12,14). The summed E-state index contributed by atoms with van der Waals surface area (Å²) in [6, 6.07) is 4.82. The molecule has 0 atom stereocenters. The van der Waals surface area contributed by atoms with E-state index in [-0.39, 0.29) is 6.54 Å². The van der Waals surface area contributed by atoms with Gasteiger partial charge in [-0.25, -0.2) is 0 Å². The van der Waals surface area contributed by atoms with Gasteiger partial charge in [0.05, 0.1) is 11.3 Å². The Morgan fingerprint density at radius 3 is 2.69 bits per heavy atom. The van der Waals surface area contributed by atoms with Gasteiger partial charge < -0.3 is 5.73 Å².